The molecule has 1 aromatic heterocycles. The van der Waals surface area contributed by atoms with Crippen molar-refractivity contribution in [2.24, 2.45) is 4.99 Å². The monoisotopic (exact) mass is 282 g/mol. The fraction of sp³-hybridized carbons (Fsp3) is 0.267. The second kappa shape index (κ2) is 5.51. The van der Waals surface area contributed by atoms with Crippen LogP contribution in [0.2, 0.25) is 0 Å². The first-order chi connectivity index (χ1) is 9.78. The zero-order valence-electron chi connectivity index (χ0n) is 11.1. The minimum Gasteiger partial charge on any atom is -0.320 e. The van der Waals surface area contributed by atoms with Gasteiger partial charge in [0.25, 0.3) is 0 Å². The molecule has 0 spiro atoms. The first-order valence-corrected chi connectivity index (χ1v) is 7.43. The largest absolute Gasteiger partial charge is 0.320 e. The average Bonchev–Trinajstić information content (AvgIpc) is 2.88. The van der Waals surface area contributed by atoms with Crippen molar-refractivity contribution in [1.82, 2.24) is 4.98 Å². The van der Waals surface area contributed by atoms with Gasteiger partial charge in [-0.15, -0.1) is 0 Å². The third-order valence-corrected chi connectivity index (χ3v) is 4.38. The molecule has 0 radical (unpaired) electrons. The summed E-state index contributed by atoms with van der Waals surface area (Å²) in [5.74, 6) is 0.822. The lowest BCUT2D eigenvalue weighted by Gasteiger charge is -2.12. The number of pyridine rings is 1. The van der Waals surface area contributed by atoms with Crippen molar-refractivity contribution in [3.63, 3.8) is 0 Å². The number of hydrogen-bond donors (Lipinski definition) is 1. The van der Waals surface area contributed by atoms with Gasteiger partial charge in [0.2, 0.25) is 0 Å². The van der Waals surface area contributed by atoms with Gasteiger partial charge in [0, 0.05) is 11.8 Å². The Morgan fingerprint density at radius 3 is 3.20 bits per heavy atom. The van der Waals surface area contributed by atoms with Gasteiger partial charge in [-0.1, -0.05) is 30.8 Å². The van der Waals surface area contributed by atoms with Crippen molar-refractivity contribution in [2.75, 3.05) is 5.32 Å². The number of aryl methyl sites for hydroxylation is 1. The molecule has 1 aliphatic heterocycles. The highest BCUT2D eigenvalue weighted by Gasteiger charge is 2.29. The third-order valence-electron chi connectivity index (χ3n) is 3.26. The standard InChI is InChI=1S/C15H14N4S/c1-2-10-5-6-17-14(8-10)19-15-18-12-4-3-11(9-16)7-13(12)20-15/h3-8,12-13H,2H2,1H3,(H,17,18,19). The number of allylic oxidation sites excluding steroid dienone is 2. The molecule has 4 nitrogen and oxygen atoms in total. The highest BCUT2D eigenvalue weighted by molar-refractivity contribution is 8.15. The average molecular weight is 282 g/mol. The maximum atomic E-state index is 8.93. The lowest BCUT2D eigenvalue weighted by molar-refractivity contribution is 0.857. The van der Waals surface area contributed by atoms with E-state index >= 15 is 0 Å². The third kappa shape index (κ3) is 2.61. The van der Waals surface area contributed by atoms with Crippen LogP contribution in [0.3, 0.4) is 0 Å². The van der Waals surface area contributed by atoms with E-state index in [0.717, 1.165) is 17.4 Å². The topological polar surface area (TPSA) is 61.1 Å². The van der Waals surface area contributed by atoms with Crippen LogP contribution in [0.15, 0.2) is 47.1 Å². The number of nitriles is 1. The predicted octanol–water partition coefficient (Wildman–Crippen LogP) is 2.92. The molecule has 2 atom stereocenters. The second-order valence-corrected chi connectivity index (χ2v) is 5.79. The Bertz CT molecular complexity index is 654. The van der Waals surface area contributed by atoms with E-state index in [1.54, 1.807) is 11.8 Å². The Labute approximate surface area is 122 Å². The van der Waals surface area contributed by atoms with Crippen molar-refractivity contribution in [3.8, 4) is 6.07 Å². The molecule has 2 heterocycles. The van der Waals surface area contributed by atoms with E-state index in [9.17, 15) is 0 Å². The van der Waals surface area contributed by atoms with E-state index in [1.165, 1.54) is 5.56 Å². The maximum Gasteiger partial charge on any atom is 0.163 e. The van der Waals surface area contributed by atoms with Crippen molar-refractivity contribution in [3.05, 3.63) is 47.7 Å². The summed E-state index contributed by atoms with van der Waals surface area (Å²) in [5.41, 5.74) is 1.95. The lowest BCUT2D eigenvalue weighted by atomic mass is 10.0. The number of aliphatic imine (C=N–C) groups is 1. The van der Waals surface area contributed by atoms with Gasteiger partial charge < -0.3 is 5.32 Å². The van der Waals surface area contributed by atoms with Crippen LogP contribution in [0.4, 0.5) is 5.82 Å². The summed E-state index contributed by atoms with van der Waals surface area (Å²) in [6.07, 6.45) is 8.59. The molecule has 0 bridgehead atoms. The van der Waals surface area contributed by atoms with Crippen LogP contribution in [0.1, 0.15) is 12.5 Å². The molecule has 2 unspecified atom stereocenters. The van der Waals surface area contributed by atoms with E-state index in [4.69, 9.17) is 5.26 Å². The minimum absolute atomic E-state index is 0.119. The molecular weight excluding hydrogens is 268 g/mol. The molecule has 100 valence electrons. The van der Waals surface area contributed by atoms with Gasteiger partial charge in [-0.05, 0) is 30.2 Å². The SMILES string of the molecule is CCc1ccnc(NC2=NC3C=CC(C#N)=CC3S2)c1. The number of thioether (sulfide) groups is 1. The van der Waals surface area contributed by atoms with Gasteiger partial charge >= 0.3 is 0 Å². The van der Waals surface area contributed by atoms with Crippen molar-refractivity contribution in [1.29, 1.82) is 5.26 Å². The van der Waals surface area contributed by atoms with Crippen LogP contribution in [0, 0.1) is 11.3 Å². The molecule has 0 saturated heterocycles. The van der Waals surface area contributed by atoms with Gasteiger partial charge in [0.1, 0.15) is 5.82 Å². The van der Waals surface area contributed by atoms with Crippen LogP contribution >= 0.6 is 11.8 Å². The predicted molar refractivity (Wildman–Crippen MR) is 82.7 cm³/mol. The summed E-state index contributed by atoms with van der Waals surface area (Å²) in [4.78, 5) is 8.93. The quantitative estimate of drug-likeness (QED) is 0.906. The Morgan fingerprint density at radius 1 is 1.50 bits per heavy atom. The fourth-order valence-corrected chi connectivity index (χ4v) is 3.28. The number of aromatic nitrogens is 1. The summed E-state index contributed by atoms with van der Waals surface area (Å²) in [7, 11) is 0. The van der Waals surface area contributed by atoms with E-state index in [-0.39, 0.29) is 11.3 Å². The number of hydrogen-bond acceptors (Lipinski definition) is 5. The molecule has 0 saturated carbocycles. The van der Waals surface area contributed by atoms with Crippen molar-refractivity contribution in [2.45, 2.75) is 24.6 Å². The molecule has 20 heavy (non-hydrogen) atoms. The maximum absolute atomic E-state index is 8.93. The summed E-state index contributed by atoms with van der Waals surface area (Å²) >= 11 is 1.64. The fourth-order valence-electron chi connectivity index (χ4n) is 2.17. The zero-order valence-corrected chi connectivity index (χ0v) is 11.9. The van der Waals surface area contributed by atoms with Gasteiger partial charge in [0.05, 0.1) is 17.4 Å². The van der Waals surface area contributed by atoms with Gasteiger partial charge in [-0.25, -0.2) is 4.98 Å². The van der Waals surface area contributed by atoms with Crippen LogP contribution in [0.5, 0.6) is 0 Å². The van der Waals surface area contributed by atoms with Crippen LogP contribution in [-0.4, -0.2) is 21.4 Å². The molecule has 1 aromatic rings. The molecule has 0 amide bonds. The first kappa shape index (κ1) is 12.9. The van der Waals surface area contributed by atoms with Gasteiger partial charge in [-0.2, -0.15) is 5.26 Å². The number of anilines is 1. The number of amidine groups is 1. The Hall–Kier alpha value is -2.06. The Morgan fingerprint density at radius 2 is 2.40 bits per heavy atom. The molecule has 2 aliphatic rings. The van der Waals surface area contributed by atoms with Crippen molar-refractivity contribution < 1.29 is 0 Å². The zero-order chi connectivity index (χ0) is 13.9. The van der Waals surface area contributed by atoms with Crippen LogP contribution < -0.4 is 5.32 Å². The molecule has 1 N–H and O–H groups in total. The van der Waals surface area contributed by atoms with Crippen LogP contribution in [-0.2, 0) is 6.42 Å². The highest BCUT2D eigenvalue weighted by atomic mass is 32.2. The normalized spacial score (nSPS) is 23.6. The molecule has 5 heteroatoms. The highest BCUT2D eigenvalue weighted by Crippen LogP contribution is 2.32. The molecule has 1 aliphatic carbocycles. The number of rotatable bonds is 2. The van der Waals surface area contributed by atoms with Crippen molar-refractivity contribution >= 4 is 22.7 Å². The molecule has 0 aromatic carbocycles. The molecule has 3 rings (SSSR count). The second-order valence-electron chi connectivity index (χ2n) is 4.63. The number of nitrogens with one attached hydrogen (secondary N) is 1. The number of fused-ring (bicyclic) bond motifs is 1. The molecule has 0 fully saturated rings. The molecular formula is C15H14N4S. The smallest absolute Gasteiger partial charge is 0.163 e. The summed E-state index contributed by atoms with van der Waals surface area (Å²) in [5, 5.41) is 13.3. The first-order valence-electron chi connectivity index (χ1n) is 6.55. The van der Waals surface area contributed by atoms with E-state index in [0.29, 0.717) is 5.57 Å². The summed E-state index contributed by atoms with van der Waals surface area (Å²) in [6.45, 7) is 2.12. The summed E-state index contributed by atoms with van der Waals surface area (Å²) < 4.78 is 0. The van der Waals surface area contributed by atoms with Gasteiger partial charge in [0.15, 0.2) is 5.17 Å². The van der Waals surface area contributed by atoms with Gasteiger partial charge in [-0.3, -0.25) is 4.99 Å². The minimum atomic E-state index is 0.119. The number of nitrogens with zero attached hydrogens (tertiary/aromatic N) is 3. The van der Waals surface area contributed by atoms with E-state index < -0.39 is 0 Å². The Balaban J connectivity index is 1.73. The summed E-state index contributed by atoms with van der Waals surface area (Å²) in [6, 6.07) is 6.35. The lowest BCUT2D eigenvalue weighted by Crippen LogP contribution is -2.15. The van der Waals surface area contributed by atoms with E-state index in [1.807, 2.05) is 36.6 Å². The van der Waals surface area contributed by atoms with Crippen LogP contribution in [0.25, 0.3) is 0 Å². The van der Waals surface area contributed by atoms with E-state index in [2.05, 4.69) is 28.3 Å². The Kier molecular flexibility index (Phi) is 3.57.